The van der Waals surface area contributed by atoms with Crippen molar-refractivity contribution in [1.29, 1.82) is 0 Å². The molecule has 12 rings (SSSR count). The molecule has 2 aliphatic rings. The van der Waals surface area contributed by atoms with Crippen LogP contribution in [0.15, 0.2) is 132 Å². The van der Waals surface area contributed by atoms with Gasteiger partial charge in [-0.1, -0.05) is 230 Å². The van der Waals surface area contributed by atoms with E-state index in [9.17, 15) is 0 Å². The molecule has 6 heterocycles. The second-order valence-corrected chi connectivity index (χ2v) is 32.8. The van der Waals surface area contributed by atoms with Gasteiger partial charge in [0.25, 0.3) is 0 Å². The zero-order valence-electron chi connectivity index (χ0n) is 55.9. The molecule has 0 nitrogen and oxygen atoms in total. The van der Waals surface area contributed by atoms with Gasteiger partial charge in [0.1, 0.15) is 0 Å². The van der Waals surface area contributed by atoms with Crippen molar-refractivity contribution in [2.75, 3.05) is 0 Å². The zero-order valence-corrected chi connectivity index (χ0v) is 60.8. The fourth-order valence-corrected chi connectivity index (χ4v) is 22.3. The van der Waals surface area contributed by atoms with Crippen LogP contribution < -0.4 is 0 Å². The largest absolute Gasteiger partial charge is 0.143 e. The lowest BCUT2D eigenvalue weighted by Crippen LogP contribution is -2.26. The third kappa shape index (κ3) is 14.5. The molecule has 0 saturated carbocycles. The fraction of sp³-hybridized carbons (Fsp3) is 0.435. The van der Waals surface area contributed by atoms with E-state index in [2.05, 4.69) is 219 Å². The summed E-state index contributed by atoms with van der Waals surface area (Å²) in [6, 6.07) is 49.9. The van der Waals surface area contributed by atoms with Crippen LogP contribution in [0, 0.1) is 0 Å². The predicted molar refractivity (Wildman–Crippen MR) is 410 cm³/mol. The van der Waals surface area contributed by atoms with Gasteiger partial charge in [0.2, 0.25) is 0 Å². The number of aryl methyl sites for hydroxylation is 6. The Hall–Kier alpha value is -4.92. The van der Waals surface area contributed by atoms with E-state index < -0.39 is 5.41 Å². The first-order valence-corrected chi connectivity index (χ1v) is 41.1. The van der Waals surface area contributed by atoms with Crippen LogP contribution in [0.4, 0.5) is 0 Å². The molecule has 0 bridgehead atoms. The van der Waals surface area contributed by atoms with Gasteiger partial charge in [-0.05, 0) is 225 Å². The van der Waals surface area contributed by atoms with Gasteiger partial charge < -0.3 is 0 Å². The van der Waals surface area contributed by atoms with E-state index in [-0.39, 0.29) is 0 Å². The second-order valence-electron chi connectivity index (χ2n) is 26.7. The third-order valence-electron chi connectivity index (χ3n) is 19.9. The molecule has 2 aliphatic carbocycles. The van der Waals surface area contributed by atoms with Crippen molar-refractivity contribution in [2.24, 2.45) is 0 Å². The first-order chi connectivity index (χ1) is 44.9. The molecular weight excluding hydrogens is 1210 g/mol. The van der Waals surface area contributed by atoms with Gasteiger partial charge >= 0.3 is 0 Å². The predicted octanol–water partition coefficient (Wildman–Crippen LogP) is 29.1. The van der Waals surface area contributed by atoms with Gasteiger partial charge in [-0.25, -0.2) is 0 Å². The molecule has 4 aromatic carbocycles. The van der Waals surface area contributed by atoms with Crippen LogP contribution in [0.2, 0.25) is 0 Å². The summed E-state index contributed by atoms with van der Waals surface area (Å²) in [7, 11) is 0. The second kappa shape index (κ2) is 32.0. The summed E-state index contributed by atoms with van der Waals surface area (Å²) in [5.41, 5.74) is 22.7. The molecular formula is C85H100S6. The molecule has 1 spiro atoms. The molecule has 91 heavy (non-hydrogen) atoms. The monoisotopic (exact) mass is 1310 g/mol. The highest BCUT2D eigenvalue weighted by molar-refractivity contribution is 7.28. The molecule has 0 unspecified atom stereocenters. The average Bonchev–Trinajstić information content (AvgIpc) is 1.51. The molecule has 476 valence electrons. The molecule has 6 heteroatoms. The van der Waals surface area contributed by atoms with Crippen LogP contribution >= 0.6 is 68.0 Å². The lowest BCUT2D eigenvalue weighted by molar-refractivity contribution is 0.667. The van der Waals surface area contributed by atoms with E-state index in [0.29, 0.717) is 0 Å². The van der Waals surface area contributed by atoms with E-state index in [4.69, 9.17) is 0 Å². The minimum absolute atomic E-state index is 0.453. The van der Waals surface area contributed by atoms with Crippen LogP contribution in [0.5, 0.6) is 0 Å². The van der Waals surface area contributed by atoms with Crippen LogP contribution in [-0.4, -0.2) is 0 Å². The number of rotatable bonds is 36. The smallest absolute Gasteiger partial charge is 0.0725 e. The van der Waals surface area contributed by atoms with Crippen LogP contribution in [-0.2, 0) is 43.9 Å². The van der Waals surface area contributed by atoms with E-state index in [1.165, 1.54) is 282 Å². The van der Waals surface area contributed by atoms with Gasteiger partial charge in [0.05, 0.1) is 5.41 Å². The van der Waals surface area contributed by atoms with E-state index in [0.717, 1.165) is 25.7 Å². The Balaban J connectivity index is 0.949. The number of thiophene rings is 6. The zero-order chi connectivity index (χ0) is 62.5. The maximum atomic E-state index is 2.66. The molecule has 0 saturated heterocycles. The quantitative estimate of drug-likeness (QED) is 0.0343. The van der Waals surface area contributed by atoms with Crippen molar-refractivity contribution in [3.05, 3.63) is 188 Å². The third-order valence-corrected chi connectivity index (χ3v) is 27.4. The highest BCUT2D eigenvalue weighted by Crippen LogP contribution is 2.64. The standard InChI is InChI=1S/C85H100S6/c1-7-13-19-25-35-59-49-77(86-57-59)81-65(39-29-23-17-11-5)55-79(90-81)83-63(37-27-21-15-9-3)53-75(88-83)61-45-47-69-70-48-46-62(52-74(70)85(73(69)51-61)71-43-33-31-41-67(71)68-42-32-34-44-72(68)85)76-54-64(38-28-22-16-10-4)84(89-76)80-56-66(40-30-24-18-12-6)82(91-80)78-50-60(58-87-78)36-26-20-14-8-2/h31-34,41-58H,7-30,35-40H2,1-6H3. The molecule has 0 fully saturated rings. The Bertz CT molecular complexity index is 3710. The van der Waals surface area contributed by atoms with Crippen molar-refractivity contribution in [2.45, 2.75) is 240 Å². The number of fused-ring (bicyclic) bond motifs is 10. The van der Waals surface area contributed by atoms with E-state index in [1.807, 2.05) is 22.7 Å². The number of unbranched alkanes of at least 4 members (excludes halogenated alkanes) is 18. The van der Waals surface area contributed by atoms with Gasteiger partial charge in [-0.3, -0.25) is 0 Å². The van der Waals surface area contributed by atoms with Gasteiger partial charge in [0.15, 0.2) is 0 Å². The minimum Gasteiger partial charge on any atom is -0.143 e. The lowest BCUT2D eigenvalue weighted by atomic mass is 9.70. The Kier molecular flexibility index (Phi) is 23.3. The summed E-state index contributed by atoms with van der Waals surface area (Å²) in [6.45, 7) is 14.0. The van der Waals surface area contributed by atoms with Crippen LogP contribution in [0.1, 0.15) is 251 Å². The van der Waals surface area contributed by atoms with E-state index in [1.54, 1.807) is 22.3 Å². The number of benzene rings is 4. The SMILES string of the molecule is CCCCCCc1csc(-c2sc(-c3sc(-c4ccc5c(c4)C4(c6ccccc6-c6ccccc64)c4cc(-c6cc(CCCCCC)c(-c7cc(CCCCCC)c(-c8cc(CCCCCC)cs8)s7)s6)ccc4-5)cc3CCCCCC)cc2CCCCCC)c1. The summed E-state index contributed by atoms with van der Waals surface area (Å²) >= 11 is 12.3. The van der Waals surface area contributed by atoms with Crippen molar-refractivity contribution in [3.63, 3.8) is 0 Å². The molecule has 0 amide bonds. The Morgan fingerprint density at radius 2 is 0.571 bits per heavy atom. The van der Waals surface area contributed by atoms with Crippen LogP contribution in [0.25, 0.3) is 82.2 Å². The van der Waals surface area contributed by atoms with Crippen LogP contribution in [0.3, 0.4) is 0 Å². The van der Waals surface area contributed by atoms with Gasteiger partial charge in [-0.15, -0.1) is 68.0 Å². The summed E-state index contributed by atoms with van der Waals surface area (Å²) in [5, 5.41) is 4.94. The molecule has 0 atom stereocenters. The lowest BCUT2D eigenvalue weighted by Gasteiger charge is -2.31. The average molecular weight is 1310 g/mol. The summed E-state index contributed by atoms with van der Waals surface area (Å²) in [6.07, 6.45) is 38.0. The molecule has 0 N–H and O–H groups in total. The maximum Gasteiger partial charge on any atom is 0.0725 e. The van der Waals surface area contributed by atoms with Gasteiger partial charge in [0, 0.05) is 48.8 Å². The number of hydrogen-bond acceptors (Lipinski definition) is 6. The van der Waals surface area contributed by atoms with Crippen molar-refractivity contribution < 1.29 is 0 Å². The highest BCUT2D eigenvalue weighted by atomic mass is 32.1. The van der Waals surface area contributed by atoms with Crippen molar-refractivity contribution in [3.8, 4) is 82.2 Å². The Morgan fingerprint density at radius 1 is 0.264 bits per heavy atom. The van der Waals surface area contributed by atoms with Gasteiger partial charge in [-0.2, -0.15) is 0 Å². The highest BCUT2D eigenvalue weighted by Gasteiger charge is 2.52. The summed E-state index contributed by atoms with van der Waals surface area (Å²) in [4.78, 5) is 14.8. The Labute approximate surface area is 572 Å². The molecule has 0 aliphatic heterocycles. The Morgan fingerprint density at radius 3 is 0.934 bits per heavy atom. The number of hydrogen-bond donors (Lipinski definition) is 0. The normalized spacial score (nSPS) is 12.8. The first-order valence-electron chi connectivity index (χ1n) is 36.0. The summed E-state index contributed by atoms with van der Waals surface area (Å²) < 4.78 is 0. The fourth-order valence-electron chi connectivity index (χ4n) is 15.0. The maximum absolute atomic E-state index is 2.66. The molecule has 6 aromatic heterocycles. The van der Waals surface area contributed by atoms with Crippen molar-refractivity contribution in [1.82, 2.24) is 0 Å². The van der Waals surface area contributed by atoms with E-state index >= 15 is 0 Å². The molecule has 10 aromatic rings. The topological polar surface area (TPSA) is 0 Å². The minimum atomic E-state index is -0.453. The van der Waals surface area contributed by atoms with Crippen molar-refractivity contribution >= 4 is 68.0 Å². The first kappa shape index (κ1) is 66.1. The molecule has 0 radical (unpaired) electrons. The summed E-state index contributed by atoms with van der Waals surface area (Å²) in [5.74, 6) is 0.